The Morgan fingerprint density at radius 2 is 1.64 bits per heavy atom. The maximum atomic E-state index is 8.29. The highest BCUT2D eigenvalue weighted by Gasteiger charge is 1.94. The molecule has 0 rings (SSSR count). The van der Waals surface area contributed by atoms with Crippen molar-refractivity contribution in [3.63, 3.8) is 0 Å². The van der Waals surface area contributed by atoms with Gasteiger partial charge in [0.2, 0.25) is 0 Å². The first kappa shape index (κ1) is 16.2. The minimum Gasteiger partial charge on any atom is -0.394 e. The Morgan fingerprint density at radius 3 is 1.79 bits per heavy atom. The molecule has 0 saturated carbocycles. The molecule has 1 unspecified atom stereocenters. The highest BCUT2D eigenvalue weighted by molar-refractivity contribution is 4.48. The molecule has 5 nitrogen and oxygen atoms in total. The van der Waals surface area contributed by atoms with Gasteiger partial charge in [0, 0.05) is 19.8 Å². The standard InChI is InChI=1S/C6H14O2.C3H9NO2/c1-4-7-6(3)8-5-2;4-1-3(6)2-5/h6H,4-5H2,1-3H3;3,5-6H,1-2,4H2. The van der Waals surface area contributed by atoms with Crippen LogP contribution in [-0.4, -0.2) is 49.0 Å². The summed E-state index contributed by atoms with van der Waals surface area (Å²) in [5, 5.41) is 16.3. The third kappa shape index (κ3) is 14.3. The van der Waals surface area contributed by atoms with Gasteiger partial charge in [-0.05, 0) is 20.8 Å². The number of aliphatic hydroxyl groups excluding tert-OH is 2. The van der Waals surface area contributed by atoms with Gasteiger partial charge in [-0.25, -0.2) is 0 Å². The van der Waals surface area contributed by atoms with Gasteiger partial charge >= 0.3 is 0 Å². The zero-order chi connectivity index (χ0) is 11.4. The molecule has 0 fully saturated rings. The third-order valence-electron chi connectivity index (χ3n) is 1.29. The SMILES string of the molecule is CCOC(C)OCC.NCC(O)CO. The summed E-state index contributed by atoms with van der Waals surface area (Å²) in [6.45, 7) is 7.15. The highest BCUT2D eigenvalue weighted by atomic mass is 16.7. The number of ether oxygens (including phenoxy) is 2. The van der Waals surface area contributed by atoms with Crippen molar-refractivity contribution in [2.75, 3.05) is 26.4 Å². The van der Waals surface area contributed by atoms with Crippen LogP contribution in [-0.2, 0) is 9.47 Å². The summed E-state index contributed by atoms with van der Waals surface area (Å²) in [5.74, 6) is 0. The summed E-state index contributed by atoms with van der Waals surface area (Å²) in [4.78, 5) is 0. The molecule has 0 aliphatic carbocycles. The lowest BCUT2D eigenvalue weighted by Crippen LogP contribution is -2.22. The molecule has 0 radical (unpaired) electrons. The zero-order valence-electron chi connectivity index (χ0n) is 9.27. The summed E-state index contributed by atoms with van der Waals surface area (Å²) in [7, 11) is 0. The minimum atomic E-state index is -0.731. The van der Waals surface area contributed by atoms with Gasteiger partial charge in [0.25, 0.3) is 0 Å². The van der Waals surface area contributed by atoms with Crippen molar-refractivity contribution >= 4 is 0 Å². The lowest BCUT2D eigenvalue weighted by Gasteiger charge is -2.09. The van der Waals surface area contributed by atoms with E-state index in [9.17, 15) is 0 Å². The fourth-order valence-corrected chi connectivity index (χ4v) is 0.592. The van der Waals surface area contributed by atoms with E-state index in [1.165, 1.54) is 0 Å². The second-order valence-electron chi connectivity index (χ2n) is 2.55. The predicted molar refractivity (Wildman–Crippen MR) is 54.9 cm³/mol. The van der Waals surface area contributed by atoms with Gasteiger partial charge in [-0.15, -0.1) is 0 Å². The largest absolute Gasteiger partial charge is 0.394 e. The molecule has 0 bridgehead atoms. The van der Waals surface area contributed by atoms with E-state index < -0.39 is 6.10 Å². The molecule has 88 valence electrons. The van der Waals surface area contributed by atoms with Crippen LogP contribution in [0.1, 0.15) is 20.8 Å². The smallest absolute Gasteiger partial charge is 0.154 e. The molecule has 14 heavy (non-hydrogen) atoms. The van der Waals surface area contributed by atoms with Crippen molar-refractivity contribution in [1.82, 2.24) is 0 Å². The summed E-state index contributed by atoms with van der Waals surface area (Å²) >= 11 is 0. The van der Waals surface area contributed by atoms with Gasteiger partial charge in [0.05, 0.1) is 12.7 Å². The Labute approximate surface area is 85.8 Å². The average Bonchev–Trinajstić information content (AvgIpc) is 2.18. The van der Waals surface area contributed by atoms with E-state index >= 15 is 0 Å². The molecule has 0 saturated heterocycles. The number of nitrogens with two attached hydrogens (primary N) is 1. The maximum absolute atomic E-state index is 8.29. The van der Waals surface area contributed by atoms with Crippen molar-refractivity contribution in [2.24, 2.45) is 5.73 Å². The van der Waals surface area contributed by atoms with E-state index in [0.717, 1.165) is 13.2 Å². The maximum Gasteiger partial charge on any atom is 0.154 e. The zero-order valence-corrected chi connectivity index (χ0v) is 9.27. The van der Waals surface area contributed by atoms with Crippen LogP contribution in [0.4, 0.5) is 0 Å². The predicted octanol–water partition coefficient (Wildman–Crippen LogP) is -0.296. The Kier molecular flexibility index (Phi) is 14.8. The van der Waals surface area contributed by atoms with Crippen molar-refractivity contribution < 1.29 is 19.7 Å². The van der Waals surface area contributed by atoms with Crippen LogP contribution in [0, 0.1) is 0 Å². The number of hydrogen-bond donors (Lipinski definition) is 3. The third-order valence-corrected chi connectivity index (χ3v) is 1.29. The quantitative estimate of drug-likeness (QED) is 0.523. The van der Waals surface area contributed by atoms with Crippen molar-refractivity contribution in [1.29, 1.82) is 0 Å². The Hall–Kier alpha value is -0.200. The van der Waals surface area contributed by atoms with Gasteiger partial charge in [0.15, 0.2) is 6.29 Å². The molecule has 0 aromatic carbocycles. The molecule has 0 aliphatic heterocycles. The van der Waals surface area contributed by atoms with Crippen LogP contribution >= 0.6 is 0 Å². The van der Waals surface area contributed by atoms with Crippen molar-refractivity contribution in [3.05, 3.63) is 0 Å². The minimum absolute atomic E-state index is 0.0370. The normalized spacial score (nSPS) is 12.2. The monoisotopic (exact) mass is 209 g/mol. The van der Waals surface area contributed by atoms with E-state index in [1.54, 1.807) is 0 Å². The molecule has 0 amide bonds. The van der Waals surface area contributed by atoms with Crippen LogP contribution in [0.5, 0.6) is 0 Å². The second kappa shape index (κ2) is 12.8. The topological polar surface area (TPSA) is 84.9 Å². The van der Waals surface area contributed by atoms with Gasteiger partial charge in [0.1, 0.15) is 0 Å². The van der Waals surface area contributed by atoms with Crippen molar-refractivity contribution in [2.45, 2.75) is 33.2 Å². The fraction of sp³-hybridized carbons (Fsp3) is 1.00. The lowest BCUT2D eigenvalue weighted by molar-refractivity contribution is -0.123. The summed E-state index contributed by atoms with van der Waals surface area (Å²) in [6.07, 6.45) is -0.769. The van der Waals surface area contributed by atoms with Crippen LogP contribution in [0.25, 0.3) is 0 Å². The fourth-order valence-electron chi connectivity index (χ4n) is 0.592. The Morgan fingerprint density at radius 1 is 1.21 bits per heavy atom. The van der Waals surface area contributed by atoms with Crippen LogP contribution in [0.15, 0.2) is 0 Å². The molecule has 0 aliphatic rings. The number of rotatable bonds is 6. The lowest BCUT2D eigenvalue weighted by atomic mass is 10.4. The molecule has 0 aromatic heterocycles. The van der Waals surface area contributed by atoms with Crippen molar-refractivity contribution in [3.8, 4) is 0 Å². The second-order valence-corrected chi connectivity index (χ2v) is 2.55. The molecule has 0 heterocycles. The molecule has 5 heteroatoms. The molecule has 4 N–H and O–H groups in total. The van der Waals surface area contributed by atoms with Gasteiger partial charge in [-0.1, -0.05) is 0 Å². The first-order chi connectivity index (χ1) is 6.62. The van der Waals surface area contributed by atoms with E-state index in [2.05, 4.69) is 0 Å². The molecular weight excluding hydrogens is 186 g/mol. The summed E-state index contributed by atoms with van der Waals surface area (Å²) in [6, 6.07) is 0. The number of hydrogen-bond acceptors (Lipinski definition) is 5. The number of aliphatic hydroxyl groups is 2. The van der Waals surface area contributed by atoms with E-state index in [1.807, 2.05) is 20.8 Å². The Balaban J connectivity index is 0. The van der Waals surface area contributed by atoms with E-state index in [0.29, 0.717) is 0 Å². The Bertz CT molecular complexity index is 92.8. The average molecular weight is 209 g/mol. The van der Waals surface area contributed by atoms with Crippen LogP contribution in [0.2, 0.25) is 0 Å². The highest BCUT2D eigenvalue weighted by Crippen LogP contribution is 1.90. The summed E-state index contributed by atoms with van der Waals surface area (Å²) in [5.41, 5.74) is 4.87. The van der Waals surface area contributed by atoms with Crippen LogP contribution in [0.3, 0.4) is 0 Å². The molecular formula is C9H23NO4. The first-order valence-electron chi connectivity index (χ1n) is 4.84. The summed E-state index contributed by atoms with van der Waals surface area (Å²) < 4.78 is 10.1. The van der Waals surface area contributed by atoms with Crippen LogP contribution < -0.4 is 5.73 Å². The first-order valence-corrected chi connectivity index (χ1v) is 4.84. The van der Waals surface area contributed by atoms with Gasteiger partial charge in [-0.2, -0.15) is 0 Å². The molecule has 1 atom stereocenters. The van der Waals surface area contributed by atoms with Gasteiger partial charge < -0.3 is 25.4 Å². The van der Waals surface area contributed by atoms with E-state index in [-0.39, 0.29) is 19.4 Å². The molecule has 0 aromatic rings. The molecule has 0 spiro atoms. The van der Waals surface area contributed by atoms with E-state index in [4.69, 9.17) is 25.4 Å². The van der Waals surface area contributed by atoms with Gasteiger partial charge in [-0.3, -0.25) is 0 Å².